The molecule has 2 aromatic rings. The highest BCUT2D eigenvalue weighted by atomic mass is 32.2. The molecule has 0 unspecified atom stereocenters. The molecular formula is C23H30N2O5S. The third kappa shape index (κ3) is 6.06. The van der Waals surface area contributed by atoms with Gasteiger partial charge in [0.25, 0.3) is 0 Å². The van der Waals surface area contributed by atoms with Crippen molar-refractivity contribution in [1.29, 1.82) is 0 Å². The number of unbranched alkanes of at least 4 members (excludes halogenated alkanes) is 1. The van der Waals surface area contributed by atoms with Crippen LogP contribution in [0.5, 0.6) is 11.5 Å². The maximum absolute atomic E-state index is 12.6. The number of fused-ring (bicyclic) bond motifs is 1. The molecule has 0 fully saturated rings. The van der Waals surface area contributed by atoms with Crippen molar-refractivity contribution in [3.63, 3.8) is 0 Å². The number of hydrogen-bond acceptors (Lipinski definition) is 6. The van der Waals surface area contributed by atoms with Crippen LogP contribution in [0.4, 0.5) is 0 Å². The molecule has 0 saturated carbocycles. The highest BCUT2D eigenvalue weighted by molar-refractivity contribution is 7.89. The number of hydrogen-bond donors (Lipinski definition) is 1. The Kier molecular flexibility index (Phi) is 7.69. The van der Waals surface area contributed by atoms with Crippen LogP contribution in [0.15, 0.2) is 41.3 Å². The number of Topliss-reactive ketones (excluding diaryl/α,β-unsaturated/α-hetero) is 1. The van der Waals surface area contributed by atoms with E-state index in [9.17, 15) is 13.2 Å². The largest absolute Gasteiger partial charge is 0.496 e. The molecule has 0 bridgehead atoms. The summed E-state index contributed by atoms with van der Waals surface area (Å²) < 4.78 is 34.6. The van der Waals surface area contributed by atoms with Gasteiger partial charge in [-0.05, 0) is 62.2 Å². The van der Waals surface area contributed by atoms with Gasteiger partial charge in [-0.15, -0.1) is 0 Å². The van der Waals surface area contributed by atoms with Gasteiger partial charge >= 0.3 is 0 Å². The standard InChI is InChI=1S/C23H30N2O5S/c1-25(13-10-17-7-3-4-9-21(17)29-2)12-6-5-8-20(26)19-15-18-11-14-30-23(18)22(16-19)31(24,27)28/h3-4,7,9,15-16H,5-6,8,10-14H2,1-2H3,(H2,24,27,28). The second kappa shape index (κ2) is 10.3. The molecule has 1 aliphatic heterocycles. The molecule has 0 amide bonds. The molecule has 1 heterocycles. The molecule has 168 valence electrons. The molecule has 0 aliphatic carbocycles. The summed E-state index contributed by atoms with van der Waals surface area (Å²) >= 11 is 0. The van der Waals surface area contributed by atoms with Crippen LogP contribution in [-0.2, 0) is 22.9 Å². The number of ether oxygens (including phenoxy) is 2. The summed E-state index contributed by atoms with van der Waals surface area (Å²) in [6.07, 6.45) is 3.45. The fourth-order valence-electron chi connectivity index (χ4n) is 3.79. The van der Waals surface area contributed by atoms with E-state index in [1.807, 2.05) is 18.2 Å². The summed E-state index contributed by atoms with van der Waals surface area (Å²) in [6.45, 7) is 2.18. The fourth-order valence-corrected chi connectivity index (χ4v) is 4.53. The lowest BCUT2D eigenvalue weighted by Gasteiger charge is -2.17. The zero-order chi connectivity index (χ0) is 22.4. The van der Waals surface area contributed by atoms with Crippen molar-refractivity contribution in [3.05, 3.63) is 53.1 Å². The van der Waals surface area contributed by atoms with E-state index in [2.05, 4.69) is 18.0 Å². The number of nitrogens with zero attached hydrogens (tertiary/aromatic N) is 1. The van der Waals surface area contributed by atoms with E-state index in [-0.39, 0.29) is 16.4 Å². The quantitative estimate of drug-likeness (QED) is 0.421. The van der Waals surface area contributed by atoms with E-state index in [1.54, 1.807) is 13.2 Å². The first kappa shape index (κ1) is 23.2. The fraction of sp³-hybridized carbons (Fsp3) is 0.435. The van der Waals surface area contributed by atoms with Crippen LogP contribution in [0.25, 0.3) is 0 Å². The molecule has 0 aromatic heterocycles. The monoisotopic (exact) mass is 446 g/mol. The number of carbonyl (C=O) groups excluding carboxylic acids is 1. The smallest absolute Gasteiger partial charge is 0.241 e. The average Bonchev–Trinajstić information content (AvgIpc) is 3.22. The lowest BCUT2D eigenvalue weighted by molar-refractivity contribution is 0.0978. The van der Waals surface area contributed by atoms with Gasteiger partial charge in [0.05, 0.1) is 13.7 Å². The molecule has 2 N–H and O–H groups in total. The lowest BCUT2D eigenvalue weighted by Crippen LogP contribution is -2.22. The second-order valence-electron chi connectivity index (χ2n) is 7.85. The molecule has 0 atom stereocenters. The number of rotatable bonds is 11. The summed E-state index contributed by atoms with van der Waals surface area (Å²) in [5.41, 5.74) is 2.29. The molecule has 31 heavy (non-hydrogen) atoms. The lowest BCUT2D eigenvalue weighted by atomic mass is 10.0. The number of primary sulfonamides is 1. The topological polar surface area (TPSA) is 98.9 Å². The Morgan fingerprint density at radius 1 is 1.19 bits per heavy atom. The number of para-hydroxylation sites is 1. The van der Waals surface area contributed by atoms with Crippen molar-refractivity contribution in [2.75, 3.05) is 33.9 Å². The predicted octanol–water partition coefficient (Wildman–Crippen LogP) is 2.81. The first-order valence-corrected chi connectivity index (χ1v) is 12.0. The Morgan fingerprint density at radius 3 is 2.71 bits per heavy atom. The number of sulfonamides is 1. The maximum atomic E-state index is 12.6. The SMILES string of the molecule is COc1ccccc1CCN(C)CCCCC(=O)c1cc2c(c(S(N)(=O)=O)c1)OCC2. The summed E-state index contributed by atoms with van der Waals surface area (Å²) in [5, 5.41) is 5.31. The predicted molar refractivity (Wildman–Crippen MR) is 119 cm³/mol. The highest BCUT2D eigenvalue weighted by Crippen LogP contribution is 2.34. The van der Waals surface area contributed by atoms with Crippen molar-refractivity contribution in [2.45, 2.75) is 37.0 Å². The summed E-state index contributed by atoms with van der Waals surface area (Å²) in [6, 6.07) is 11.1. The number of likely N-dealkylation sites (N-methyl/N-ethyl adjacent to an activating group) is 1. The number of ketones is 1. The van der Waals surface area contributed by atoms with Crippen molar-refractivity contribution >= 4 is 15.8 Å². The average molecular weight is 447 g/mol. The molecule has 1 aliphatic rings. The van der Waals surface area contributed by atoms with Gasteiger partial charge in [0.2, 0.25) is 10.0 Å². The van der Waals surface area contributed by atoms with E-state index in [4.69, 9.17) is 14.6 Å². The van der Waals surface area contributed by atoms with Crippen LogP contribution in [0.3, 0.4) is 0 Å². The van der Waals surface area contributed by atoms with Gasteiger partial charge < -0.3 is 14.4 Å². The molecular weight excluding hydrogens is 416 g/mol. The third-order valence-electron chi connectivity index (χ3n) is 5.53. The van der Waals surface area contributed by atoms with Crippen LogP contribution in [0.2, 0.25) is 0 Å². The van der Waals surface area contributed by atoms with Crippen molar-refractivity contribution < 1.29 is 22.7 Å². The van der Waals surface area contributed by atoms with Gasteiger partial charge in [-0.2, -0.15) is 0 Å². The number of nitrogens with two attached hydrogens (primary N) is 1. The minimum Gasteiger partial charge on any atom is -0.496 e. The van der Waals surface area contributed by atoms with E-state index in [1.165, 1.54) is 11.6 Å². The Hall–Kier alpha value is -2.42. The minimum atomic E-state index is -3.95. The van der Waals surface area contributed by atoms with Crippen molar-refractivity contribution in [2.24, 2.45) is 5.14 Å². The Labute approximate surface area is 184 Å². The van der Waals surface area contributed by atoms with Crippen molar-refractivity contribution in [1.82, 2.24) is 4.90 Å². The van der Waals surface area contributed by atoms with E-state index < -0.39 is 10.0 Å². The summed E-state index contributed by atoms with van der Waals surface area (Å²) in [4.78, 5) is 14.8. The third-order valence-corrected chi connectivity index (χ3v) is 6.44. The summed E-state index contributed by atoms with van der Waals surface area (Å²) in [7, 11) is -0.202. The number of benzene rings is 2. The molecule has 0 saturated heterocycles. The van der Waals surface area contributed by atoms with Crippen LogP contribution >= 0.6 is 0 Å². The maximum Gasteiger partial charge on any atom is 0.241 e. The van der Waals surface area contributed by atoms with Gasteiger partial charge in [0, 0.05) is 24.9 Å². The van der Waals surface area contributed by atoms with Crippen molar-refractivity contribution in [3.8, 4) is 11.5 Å². The van der Waals surface area contributed by atoms with E-state index in [0.29, 0.717) is 25.0 Å². The van der Waals surface area contributed by atoms with Gasteiger partial charge in [-0.3, -0.25) is 4.79 Å². The van der Waals surface area contributed by atoms with Crippen LogP contribution in [0, 0.1) is 0 Å². The number of methoxy groups -OCH3 is 1. The molecule has 3 rings (SSSR count). The number of carbonyl (C=O) groups is 1. The van der Waals surface area contributed by atoms with Gasteiger partial charge in [0.15, 0.2) is 5.78 Å². The van der Waals surface area contributed by atoms with Gasteiger partial charge in [-0.1, -0.05) is 18.2 Å². The molecule has 2 aromatic carbocycles. The minimum absolute atomic E-state index is 0.0729. The second-order valence-corrected chi connectivity index (χ2v) is 9.38. The normalized spacial score (nSPS) is 13.2. The van der Waals surface area contributed by atoms with Gasteiger partial charge in [0.1, 0.15) is 16.4 Å². The first-order chi connectivity index (χ1) is 14.8. The molecule has 7 nitrogen and oxygen atoms in total. The van der Waals surface area contributed by atoms with Crippen LogP contribution in [-0.4, -0.2) is 53.0 Å². The molecule has 8 heteroatoms. The zero-order valence-electron chi connectivity index (χ0n) is 18.1. The molecule has 0 radical (unpaired) electrons. The van der Waals surface area contributed by atoms with Crippen LogP contribution in [0.1, 0.15) is 40.7 Å². The Bertz CT molecular complexity index is 1040. The van der Waals surface area contributed by atoms with E-state index >= 15 is 0 Å². The highest BCUT2D eigenvalue weighted by Gasteiger charge is 2.25. The summed E-state index contributed by atoms with van der Waals surface area (Å²) in [5.74, 6) is 1.12. The Morgan fingerprint density at radius 2 is 1.97 bits per heavy atom. The molecule has 0 spiro atoms. The Balaban J connectivity index is 1.48. The van der Waals surface area contributed by atoms with E-state index in [0.717, 1.165) is 43.7 Å². The first-order valence-electron chi connectivity index (χ1n) is 10.5. The van der Waals surface area contributed by atoms with Crippen LogP contribution < -0.4 is 14.6 Å². The van der Waals surface area contributed by atoms with Gasteiger partial charge in [-0.25, -0.2) is 13.6 Å². The zero-order valence-corrected chi connectivity index (χ0v) is 18.9.